The van der Waals surface area contributed by atoms with Gasteiger partial charge in [-0.25, -0.2) is 0 Å². The number of rotatable bonds is 8. The lowest BCUT2D eigenvalue weighted by Crippen LogP contribution is -1.98. The number of nitrogens with zero attached hydrogens (tertiary/aromatic N) is 2. The van der Waals surface area contributed by atoms with E-state index in [1.54, 1.807) is 13.3 Å². The maximum atomic E-state index is 5.85. The Balaban J connectivity index is 1.24. The molecule has 0 bridgehead atoms. The second kappa shape index (κ2) is 9.92. The number of hydrogen-bond donors (Lipinski definition) is 2. The lowest BCUT2D eigenvalue weighted by Gasteiger charge is -2.09. The van der Waals surface area contributed by atoms with Crippen LogP contribution in [0.5, 0.6) is 11.5 Å². The van der Waals surface area contributed by atoms with E-state index in [4.69, 9.17) is 9.47 Å². The molecular formula is C28H24N4O2. The summed E-state index contributed by atoms with van der Waals surface area (Å²) in [4.78, 5) is 7.51. The van der Waals surface area contributed by atoms with Crippen molar-refractivity contribution in [3.63, 3.8) is 0 Å². The van der Waals surface area contributed by atoms with Gasteiger partial charge in [-0.1, -0.05) is 24.3 Å². The van der Waals surface area contributed by atoms with Gasteiger partial charge in [-0.3, -0.25) is 10.1 Å². The van der Waals surface area contributed by atoms with Crippen LogP contribution in [0.15, 0.2) is 79.1 Å². The summed E-state index contributed by atoms with van der Waals surface area (Å²) >= 11 is 0. The molecule has 0 spiro atoms. The molecule has 5 rings (SSSR count). The van der Waals surface area contributed by atoms with Gasteiger partial charge >= 0.3 is 0 Å². The molecule has 2 aromatic carbocycles. The first-order valence-corrected chi connectivity index (χ1v) is 11.0. The van der Waals surface area contributed by atoms with Gasteiger partial charge in [-0.2, -0.15) is 5.10 Å². The van der Waals surface area contributed by atoms with Gasteiger partial charge in [0.1, 0.15) is 18.1 Å². The highest BCUT2D eigenvalue weighted by Crippen LogP contribution is 2.27. The Morgan fingerprint density at radius 2 is 1.88 bits per heavy atom. The molecule has 0 atom stereocenters. The van der Waals surface area contributed by atoms with Crippen LogP contribution in [0.1, 0.15) is 28.2 Å². The van der Waals surface area contributed by atoms with E-state index in [0.29, 0.717) is 6.61 Å². The third-order valence-corrected chi connectivity index (χ3v) is 5.40. The van der Waals surface area contributed by atoms with Crippen molar-refractivity contribution in [2.45, 2.75) is 6.61 Å². The molecule has 0 fully saturated rings. The summed E-state index contributed by atoms with van der Waals surface area (Å²) in [7, 11) is 1.65. The van der Waals surface area contributed by atoms with E-state index in [2.05, 4.69) is 50.5 Å². The molecule has 34 heavy (non-hydrogen) atoms. The van der Waals surface area contributed by atoms with Crippen molar-refractivity contribution in [2.75, 3.05) is 7.11 Å². The van der Waals surface area contributed by atoms with Crippen LogP contribution in [0.4, 0.5) is 0 Å². The van der Waals surface area contributed by atoms with Crippen molar-refractivity contribution in [2.24, 2.45) is 0 Å². The van der Waals surface area contributed by atoms with Gasteiger partial charge in [0.25, 0.3) is 0 Å². The van der Waals surface area contributed by atoms with Crippen LogP contribution in [0.3, 0.4) is 0 Å². The number of hydrogen-bond acceptors (Lipinski definition) is 4. The second-order valence-corrected chi connectivity index (χ2v) is 7.75. The number of aromatic nitrogens is 4. The maximum Gasteiger partial charge on any atom is 0.130 e. The van der Waals surface area contributed by atoms with Crippen molar-refractivity contribution in [1.29, 1.82) is 0 Å². The average molecular weight is 449 g/mol. The Morgan fingerprint density at radius 1 is 0.912 bits per heavy atom. The minimum absolute atomic E-state index is 0.405. The first-order chi connectivity index (χ1) is 16.8. The standard InChI is InChI=1S/C28H24N4O2/c1-33-28-18-26(34-19-25-4-2-3-14-29-25)12-9-22(28)8-11-24-17-23(31-32-24)10-6-20-5-7-21-13-15-30-27(21)16-20/h2-18,30H,19H2,1H3,(H,31,32)/b10-6+,11-8+. The molecule has 3 heterocycles. The van der Waals surface area contributed by atoms with E-state index < -0.39 is 0 Å². The normalized spacial score (nSPS) is 11.6. The van der Waals surface area contributed by atoms with E-state index in [9.17, 15) is 0 Å². The highest BCUT2D eigenvalue weighted by atomic mass is 16.5. The Morgan fingerprint density at radius 3 is 2.76 bits per heavy atom. The van der Waals surface area contributed by atoms with Gasteiger partial charge in [0.05, 0.1) is 24.2 Å². The zero-order valence-corrected chi connectivity index (χ0v) is 18.7. The number of nitrogens with one attached hydrogen (secondary N) is 2. The molecule has 0 radical (unpaired) electrons. The maximum absolute atomic E-state index is 5.85. The highest BCUT2D eigenvalue weighted by molar-refractivity contribution is 5.83. The lowest BCUT2D eigenvalue weighted by atomic mass is 10.1. The van der Waals surface area contributed by atoms with Gasteiger partial charge < -0.3 is 14.5 Å². The Hall–Kier alpha value is -4.58. The summed E-state index contributed by atoms with van der Waals surface area (Å²) in [6, 6.07) is 21.9. The summed E-state index contributed by atoms with van der Waals surface area (Å²) < 4.78 is 11.4. The monoisotopic (exact) mass is 448 g/mol. The molecule has 0 aliphatic carbocycles. The SMILES string of the molecule is COc1cc(OCc2ccccn2)ccc1/C=C/c1cc(/C=C/c2ccc3cc[nH]c3c2)n[nH]1. The molecule has 5 aromatic rings. The summed E-state index contributed by atoms with van der Waals surface area (Å²) in [5.74, 6) is 1.46. The first kappa shape index (κ1) is 21.3. The molecule has 2 N–H and O–H groups in total. The van der Waals surface area contributed by atoms with Crippen LogP contribution in [-0.4, -0.2) is 27.3 Å². The number of fused-ring (bicyclic) bond motifs is 1. The van der Waals surface area contributed by atoms with E-state index in [-0.39, 0.29) is 0 Å². The molecule has 0 amide bonds. The number of H-pyrrole nitrogens is 2. The van der Waals surface area contributed by atoms with Crippen molar-refractivity contribution >= 4 is 35.2 Å². The fourth-order valence-electron chi connectivity index (χ4n) is 3.61. The molecule has 0 saturated heterocycles. The molecule has 0 aliphatic heterocycles. The Bertz CT molecular complexity index is 1450. The van der Waals surface area contributed by atoms with Crippen LogP contribution in [0.25, 0.3) is 35.2 Å². The molecule has 168 valence electrons. The topological polar surface area (TPSA) is 75.8 Å². The summed E-state index contributed by atoms with van der Waals surface area (Å²) in [6.45, 7) is 0.405. The van der Waals surface area contributed by atoms with Crippen molar-refractivity contribution in [1.82, 2.24) is 20.2 Å². The fourth-order valence-corrected chi connectivity index (χ4v) is 3.61. The fraction of sp³-hybridized carbons (Fsp3) is 0.0714. The van der Waals surface area contributed by atoms with Gasteiger partial charge in [-0.05, 0) is 71.6 Å². The van der Waals surface area contributed by atoms with Crippen molar-refractivity contribution in [3.8, 4) is 11.5 Å². The number of pyridine rings is 1. The molecule has 6 heteroatoms. The van der Waals surface area contributed by atoms with Gasteiger partial charge in [0.2, 0.25) is 0 Å². The molecule has 0 unspecified atom stereocenters. The van der Waals surface area contributed by atoms with Crippen LogP contribution in [0, 0.1) is 0 Å². The zero-order chi connectivity index (χ0) is 23.2. The highest BCUT2D eigenvalue weighted by Gasteiger charge is 2.04. The third kappa shape index (κ3) is 5.07. The van der Waals surface area contributed by atoms with E-state index in [1.165, 1.54) is 5.39 Å². The van der Waals surface area contributed by atoms with Crippen LogP contribution in [-0.2, 0) is 6.61 Å². The number of methoxy groups -OCH3 is 1. The molecular weight excluding hydrogens is 424 g/mol. The number of ether oxygens (including phenoxy) is 2. The largest absolute Gasteiger partial charge is 0.496 e. The molecule has 6 nitrogen and oxygen atoms in total. The first-order valence-electron chi connectivity index (χ1n) is 11.0. The van der Waals surface area contributed by atoms with Gasteiger partial charge in [0, 0.05) is 29.5 Å². The molecule has 3 aromatic heterocycles. The minimum atomic E-state index is 0.405. The minimum Gasteiger partial charge on any atom is -0.496 e. The summed E-state index contributed by atoms with van der Waals surface area (Å²) in [5.41, 5.74) is 5.81. The predicted octanol–water partition coefficient (Wildman–Crippen LogP) is 6.21. The van der Waals surface area contributed by atoms with Crippen LogP contribution in [0.2, 0.25) is 0 Å². The van der Waals surface area contributed by atoms with Crippen LogP contribution < -0.4 is 9.47 Å². The Kier molecular flexibility index (Phi) is 6.21. The molecule has 0 saturated carbocycles. The van der Waals surface area contributed by atoms with E-state index >= 15 is 0 Å². The number of benzene rings is 2. The predicted molar refractivity (Wildman–Crippen MR) is 136 cm³/mol. The van der Waals surface area contributed by atoms with Crippen LogP contribution >= 0.6 is 0 Å². The van der Waals surface area contributed by atoms with Gasteiger partial charge in [0.15, 0.2) is 0 Å². The zero-order valence-electron chi connectivity index (χ0n) is 18.7. The number of aromatic amines is 2. The van der Waals surface area contributed by atoms with E-state index in [1.807, 2.05) is 66.9 Å². The van der Waals surface area contributed by atoms with Crippen molar-refractivity contribution < 1.29 is 9.47 Å². The lowest BCUT2D eigenvalue weighted by molar-refractivity contribution is 0.299. The molecule has 0 aliphatic rings. The average Bonchev–Trinajstić information content (AvgIpc) is 3.55. The Labute approximate surface area is 197 Å². The summed E-state index contributed by atoms with van der Waals surface area (Å²) in [5, 5.41) is 8.64. The van der Waals surface area contributed by atoms with Gasteiger partial charge in [-0.15, -0.1) is 0 Å². The second-order valence-electron chi connectivity index (χ2n) is 7.75. The van der Waals surface area contributed by atoms with E-state index in [0.717, 1.165) is 45.2 Å². The smallest absolute Gasteiger partial charge is 0.130 e. The third-order valence-electron chi connectivity index (χ3n) is 5.40. The summed E-state index contributed by atoms with van der Waals surface area (Å²) in [6.07, 6.45) is 11.7. The quantitative estimate of drug-likeness (QED) is 0.296. The van der Waals surface area contributed by atoms with Crippen molar-refractivity contribution in [3.05, 3.63) is 107 Å².